The number of rotatable bonds is 7. The Balaban J connectivity index is 1.54. The lowest BCUT2D eigenvalue weighted by molar-refractivity contribution is -0.118. The van der Waals surface area contributed by atoms with E-state index < -0.39 is 0 Å². The third kappa shape index (κ3) is 4.67. The molecule has 0 spiro atoms. The number of carbonyl (C=O) groups excluding carboxylic acids is 1. The Kier molecular flexibility index (Phi) is 5.41. The average Bonchev–Trinajstić information content (AvgIpc) is 3.10. The average molecular weight is 337 g/mol. The maximum atomic E-state index is 11.9. The first-order valence-electron chi connectivity index (χ1n) is 8.15. The van der Waals surface area contributed by atoms with Crippen LogP contribution in [-0.2, 0) is 11.2 Å². The minimum absolute atomic E-state index is 0.0601. The zero-order valence-electron chi connectivity index (χ0n) is 13.9. The quantitative estimate of drug-likeness (QED) is 0.711. The number of aryl methyl sites for hydroxylation is 1. The topological polar surface area (TPSA) is 77.2 Å². The van der Waals surface area contributed by atoms with Crippen LogP contribution in [0.5, 0.6) is 5.75 Å². The van der Waals surface area contributed by atoms with Gasteiger partial charge in [0.15, 0.2) is 6.61 Å². The molecule has 0 aliphatic carbocycles. The summed E-state index contributed by atoms with van der Waals surface area (Å²) in [6.45, 7) is 2.00. The molecule has 25 heavy (non-hydrogen) atoms. The molecular weight excluding hydrogens is 318 g/mol. The summed E-state index contributed by atoms with van der Waals surface area (Å²) in [6.07, 6.45) is 1.73. The number of nitrogens with one attached hydrogen (secondary N) is 1. The molecule has 0 saturated heterocycles. The predicted octanol–water partition coefficient (Wildman–Crippen LogP) is 3.71. The minimum atomic E-state index is -0.212. The molecule has 1 aromatic heterocycles. The van der Waals surface area contributed by atoms with Gasteiger partial charge >= 0.3 is 0 Å². The second-order valence-corrected chi connectivity index (χ2v) is 5.48. The third-order valence-electron chi connectivity index (χ3n) is 3.46. The summed E-state index contributed by atoms with van der Waals surface area (Å²) < 4.78 is 11.1. The Morgan fingerprint density at radius 2 is 1.84 bits per heavy atom. The molecule has 0 aliphatic rings. The van der Waals surface area contributed by atoms with Gasteiger partial charge in [0.1, 0.15) is 5.75 Å². The van der Waals surface area contributed by atoms with E-state index in [0.29, 0.717) is 17.5 Å². The number of aromatic nitrogens is 2. The number of para-hydroxylation sites is 1. The highest BCUT2D eigenvalue weighted by molar-refractivity contribution is 5.91. The van der Waals surface area contributed by atoms with Gasteiger partial charge in [-0.2, -0.15) is 0 Å². The maximum absolute atomic E-state index is 11.9. The van der Waals surface area contributed by atoms with Crippen LogP contribution in [0.25, 0.3) is 11.5 Å². The zero-order chi connectivity index (χ0) is 17.5. The van der Waals surface area contributed by atoms with Crippen molar-refractivity contribution < 1.29 is 13.9 Å². The molecule has 1 N–H and O–H groups in total. The number of anilines is 1. The molecule has 6 nitrogen and oxygen atoms in total. The van der Waals surface area contributed by atoms with Crippen molar-refractivity contribution in [2.24, 2.45) is 0 Å². The van der Waals surface area contributed by atoms with Crippen LogP contribution in [0.1, 0.15) is 19.2 Å². The van der Waals surface area contributed by atoms with E-state index in [1.807, 2.05) is 42.5 Å². The van der Waals surface area contributed by atoms with E-state index in [2.05, 4.69) is 22.4 Å². The Bertz CT molecular complexity index is 813. The molecule has 0 aliphatic heterocycles. The molecule has 0 atom stereocenters. The normalized spacial score (nSPS) is 10.4. The fourth-order valence-electron chi connectivity index (χ4n) is 2.25. The molecule has 3 rings (SSSR count). The second-order valence-electron chi connectivity index (χ2n) is 5.48. The van der Waals surface area contributed by atoms with Gasteiger partial charge < -0.3 is 14.5 Å². The van der Waals surface area contributed by atoms with E-state index in [1.54, 1.807) is 12.1 Å². The van der Waals surface area contributed by atoms with Crippen molar-refractivity contribution in [3.63, 3.8) is 0 Å². The number of hydrogen-bond donors (Lipinski definition) is 1. The first kappa shape index (κ1) is 16.7. The summed E-state index contributed by atoms with van der Waals surface area (Å²) in [4.78, 5) is 11.9. The molecular formula is C19H19N3O3. The first-order valence-corrected chi connectivity index (χ1v) is 8.15. The summed E-state index contributed by atoms with van der Waals surface area (Å²) in [7, 11) is 0. The van der Waals surface area contributed by atoms with Gasteiger partial charge in [0.2, 0.25) is 11.8 Å². The molecule has 2 aromatic carbocycles. The van der Waals surface area contributed by atoms with Crippen molar-refractivity contribution >= 4 is 11.6 Å². The Labute approximate surface area is 145 Å². The Hall–Kier alpha value is -3.15. The number of carbonyl (C=O) groups is 1. The van der Waals surface area contributed by atoms with E-state index in [1.165, 1.54) is 0 Å². The van der Waals surface area contributed by atoms with Crippen LogP contribution < -0.4 is 10.1 Å². The molecule has 3 aromatic rings. The van der Waals surface area contributed by atoms with Crippen molar-refractivity contribution in [2.75, 3.05) is 11.9 Å². The SMILES string of the molecule is CCCc1nnc(-c2ccc(OCC(=O)Nc3ccccc3)cc2)o1. The van der Waals surface area contributed by atoms with Crippen LogP contribution in [0.2, 0.25) is 0 Å². The molecule has 1 amide bonds. The van der Waals surface area contributed by atoms with Gasteiger partial charge in [-0.25, -0.2) is 0 Å². The highest BCUT2D eigenvalue weighted by Crippen LogP contribution is 2.21. The lowest BCUT2D eigenvalue weighted by Gasteiger charge is -2.07. The van der Waals surface area contributed by atoms with Gasteiger partial charge in [-0.1, -0.05) is 25.1 Å². The molecule has 0 radical (unpaired) electrons. The summed E-state index contributed by atoms with van der Waals surface area (Å²) in [6, 6.07) is 16.5. The van der Waals surface area contributed by atoms with Gasteiger partial charge in [-0.3, -0.25) is 4.79 Å². The van der Waals surface area contributed by atoms with Gasteiger partial charge in [0.25, 0.3) is 5.91 Å². The highest BCUT2D eigenvalue weighted by atomic mass is 16.5. The smallest absolute Gasteiger partial charge is 0.262 e. The molecule has 0 fully saturated rings. The fourth-order valence-corrected chi connectivity index (χ4v) is 2.25. The Morgan fingerprint density at radius 3 is 2.56 bits per heavy atom. The molecule has 1 heterocycles. The van der Waals surface area contributed by atoms with E-state index in [4.69, 9.17) is 9.15 Å². The number of ether oxygens (including phenoxy) is 1. The monoisotopic (exact) mass is 337 g/mol. The molecule has 6 heteroatoms. The minimum Gasteiger partial charge on any atom is -0.484 e. The van der Waals surface area contributed by atoms with Gasteiger partial charge in [0.05, 0.1) is 0 Å². The number of benzene rings is 2. The van der Waals surface area contributed by atoms with Gasteiger partial charge in [0, 0.05) is 17.7 Å². The molecule has 0 unspecified atom stereocenters. The van der Waals surface area contributed by atoms with E-state index in [9.17, 15) is 4.79 Å². The van der Waals surface area contributed by atoms with Crippen LogP contribution >= 0.6 is 0 Å². The van der Waals surface area contributed by atoms with Gasteiger partial charge in [-0.15, -0.1) is 10.2 Å². The lowest BCUT2D eigenvalue weighted by atomic mass is 10.2. The van der Waals surface area contributed by atoms with Crippen LogP contribution in [-0.4, -0.2) is 22.7 Å². The standard InChI is InChI=1S/C19H19N3O3/c1-2-6-18-21-22-19(25-18)14-9-11-16(12-10-14)24-13-17(23)20-15-7-4-3-5-8-15/h3-5,7-12H,2,6,13H2,1H3,(H,20,23). The zero-order valence-corrected chi connectivity index (χ0v) is 13.9. The number of nitrogens with zero attached hydrogens (tertiary/aromatic N) is 2. The Morgan fingerprint density at radius 1 is 1.08 bits per heavy atom. The van der Waals surface area contributed by atoms with Crippen LogP contribution in [0.4, 0.5) is 5.69 Å². The van der Waals surface area contributed by atoms with Crippen molar-refractivity contribution in [1.29, 1.82) is 0 Å². The second kappa shape index (κ2) is 8.10. The third-order valence-corrected chi connectivity index (χ3v) is 3.46. The van der Waals surface area contributed by atoms with E-state index >= 15 is 0 Å². The number of amides is 1. The lowest BCUT2D eigenvalue weighted by Crippen LogP contribution is -2.20. The first-order chi connectivity index (χ1) is 12.2. The summed E-state index contributed by atoms with van der Waals surface area (Å²) in [5.41, 5.74) is 1.56. The molecule has 128 valence electrons. The largest absolute Gasteiger partial charge is 0.484 e. The van der Waals surface area contributed by atoms with Gasteiger partial charge in [-0.05, 0) is 42.8 Å². The maximum Gasteiger partial charge on any atom is 0.262 e. The summed E-state index contributed by atoms with van der Waals surface area (Å²) in [5, 5.41) is 10.8. The van der Waals surface area contributed by atoms with Crippen LogP contribution in [0.15, 0.2) is 59.0 Å². The fraction of sp³-hybridized carbons (Fsp3) is 0.211. The predicted molar refractivity (Wildman–Crippen MR) is 94.3 cm³/mol. The highest BCUT2D eigenvalue weighted by Gasteiger charge is 2.09. The van der Waals surface area contributed by atoms with Crippen molar-refractivity contribution in [1.82, 2.24) is 10.2 Å². The molecule has 0 saturated carbocycles. The molecule has 0 bridgehead atoms. The van der Waals surface area contributed by atoms with E-state index in [0.717, 1.165) is 24.1 Å². The summed E-state index contributed by atoms with van der Waals surface area (Å²) in [5.74, 6) is 1.50. The van der Waals surface area contributed by atoms with Crippen molar-refractivity contribution in [3.8, 4) is 17.2 Å². The van der Waals surface area contributed by atoms with Crippen molar-refractivity contribution in [3.05, 3.63) is 60.5 Å². The van der Waals surface area contributed by atoms with Crippen molar-refractivity contribution in [2.45, 2.75) is 19.8 Å². The van der Waals surface area contributed by atoms with Crippen LogP contribution in [0, 0.1) is 0 Å². The summed E-state index contributed by atoms with van der Waals surface area (Å²) >= 11 is 0. The number of hydrogen-bond acceptors (Lipinski definition) is 5. The van der Waals surface area contributed by atoms with E-state index in [-0.39, 0.29) is 12.5 Å². The van der Waals surface area contributed by atoms with Crippen LogP contribution in [0.3, 0.4) is 0 Å².